The number of carbonyl (C=O) groups excluding carboxylic acids is 2. The van der Waals surface area contributed by atoms with E-state index >= 15 is 0 Å². The summed E-state index contributed by atoms with van der Waals surface area (Å²) in [5.41, 5.74) is 1.62. The van der Waals surface area contributed by atoms with Gasteiger partial charge >= 0.3 is 0 Å². The van der Waals surface area contributed by atoms with E-state index in [0.717, 1.165) is 16.1 Å². The van der Waals surface area contributed by atoms with Gasteiger partial charge in [0.1, 0.15) is 5.82 Å². The Morgan fingerprint density at radius 1 is 1.12 bits per heavy atom. The van der Waals surface area contributed by atoms with E-state index < -0.39 is 0 Å². The fraction of sp³-hybridized carbons (Fsp3) is 0.263. The number of hydrogen-bond donors (Lipinski definition) is 1. The zero-order valence-electron chi connectivity index (χ0n) is 14.5. The van der Waals surface area contributed by atoms with Crippen molar-refractivity contribution in [3.63, 3.8) is 0 Å². The van der Waals surface area contributed by atoms with Crippen LogP contribution in [0, 0.1) is 5.82 Å². The predicted molar refractivity (Wildman–Crippen MR) is 99.1 cm³/mol. The summed E-state index contributed by atoms with van der Waals surface area (Å²) in [6.45, 7) is 3.37. The first-order chi connectivity index (χ1) is 11.9. The molecule has 0 aliphatic carbocycles. The Balaban J connectivity index is 1.90. The molecule has 4 nitrogen and oxygen atoms in total. The Kier molecular flexibility index (Phi) is 6.58. The highest BCUT2D eigenvalue weighted by atomic mass is 32.2. The van der Waals surface area contributed by atoms with Crippen LogP contribution in [0.3, 0.4) is 0 Å². The van der Waals surface area contributed by atoms with E-state index in [9.17, 15) is 14.0 Å². The minimum atomic E-state index is -0.289. The summed E-state index contributed by atoms with van der Waals surface area (Å²) in [6.07, 6.45) is 0. The largest absolute Gasteiger partial charge is 0.338 e. The van der Waals surface area contributed by atoms with Gasteiger partial charge in [0.15, 0.2) is 0 Å². The van der Waals surface area contributed by atoms with Crippen LogP contribution >= 0.6 is 11.8 Å². The molecule has 1 atom stereocenters. The number of thioether (sulfide) groups is 1. The fourth-order valence-electron chi connectivity index (χ4n) is 2.27. The van der Waals surface area contributed by atoms with Crippen LogP contribution in [-0.2, 0) is 9.59 Å². The molecule has 2 aromatic rings. The minimum Gasteiger partial charge on any atom is -0.338 e. The Morgan fingerprint density at radius 2 is 1.72 bits per heavy atom. The maximum Gasteiger partial charge on any atom is 0.233 e. The number of amides is 2. The Bertz CT molecular complexity index is 732. The molecule has 1 N–H and O–H groups in total. The maximum absolute atomic E-state index is 13.0. The number of halogens is 1. The molecule has 1 unspecified atom stereocenters. The second-order valence-corrected chi connectivity index (χ2v) is 6.78. The molecule has 0 heterocycles. The SMILES string of the molecule is CC(=O)Nc1ccc(SCC(=O)N(C)C(C)c2ccc(F)cc2)cc1. The third kappa shape index (κ3) is 5.60. The van der Waals surface area contributed by atoms with Gasteiger partial charge in [-0.05, 0) is 48.9 Å². The number of nitrogens with zero attached hydrogens (tertiary/aromatic N) is 1. The van der Waals surface area contributed by atoms with Gasteiger partial charge in [0, 0.05) is 24.6 Å². The zero-order chi connectivity index (χ0) is 18.4. The quantitative estimate of drug-likeness (QED) is 0.789. The summed E-state index contributed by atoms with van der Waals surface area (Å²) in [5, 5.41) is 2.70. The van der Waals surface area contributed by atoms with Gasteiger partial charge < -0.3 is 10.2 Å². The molecule has 0 spiro atoms. The van der Waals surface area contributed by atoms with Crippen molar-refractivity contribution in [2.24, 2.45) is 0 Å². The molecule has 132 valence electrons. The van der Waals surface area contributed by atoms with E-state index in [4.69, 9.17) is 0 Å². The highest BCUT2D eigenvalue weighted by Gasteiger charge is 2.17. The molecule has 0 bridgehead atoms. The van der Waals surface area contributed by atoms with Crippen LogP contribution < -0.4 is 5.32 Å². The summed E-state index contributed by atoms with van der Waals surface area (Å²) in [5.74, 6) is -0.107. The molecule has 0 aliphatic rings. The Labute approximate surface area is 151 Å². The van der Waals surface area contributed by atoms with Gasteiger partial charge in [-0.2, -0.15) is 0 Å². The van der Waals surface area contributed by atoms with E-state index in [1.54, 1.807) is 36.2 Å². The number of carbonyl (C=O) groups is 2. The van der Waals surface area contributed by atoms with Crippen LogP contribution in [0.4, 0.5) is 10.1 Å². The molecule has 0 fully saturated rings. The lowest BCUT2D eigenvalue weighted by molar-refractivity contribution is -0.129. The van der Waals surface area contributed by atoms with E-state index in [-0.39, 0.29) is 23.7 Å². The predicted octanol–water partition coefficient (Wildman–Crippen LogP) is 4.10. The van der Waals surface area contributed by atoms with Crippen LogP contribution in [-0.4, -0.2) is 29.5 Å². The lowest BCUT2D eigenvalue weighted by Crippen LogP contribution is -2.31. The van der Waals surface area contributed by atoms with Gasteiger partial charge in [0.25, 0.3) is 0 Å². The van der Waals surface area contributed by atoms with Gasteiger partial charge in [0.05, 0.1) is 11.8 Å². The lowest BCUT2D eigenvalue weighted by Gasteiger charge is -2.25. The van der Waals surface area contributed by atoms with E-state index in [2.05, 4.69) is 5.32 Å². The molecular weight excluding hydrogens is 339 g/mol. The average molecular weight is 360 g/mol. The second kappa shape index (κ2) is 8.67. The number of anilines is 1. The molecule has 25 heavy (non-hydrogen) atoms. The second-order valence-electron chi connectivity index (χ2n) is 5.73. The molecule has 0 saturated carbocycles. The van der Waals surface area contributed by atoms with Crippen molar-refractivity contribution in [3.05, 3.63) is 59.9 Å². The summed E-state index contributed by atoms with van der Waals surface area (Å²) in [7, 11) is 1.75. The van der Waals surface area contributed by atoms with Crippen LogP contribution in [0.25, 0.3) is 0 Å². The summed E-state index contributed by atoms with van der Waals surface area (Å²) < 4.78 is 13.0. The molecule has 6 heteroatoms. The molecule has 2 aromatic carbocycles. The molecular formula is C19H21FN2O2S. The fourth-order valence-corrected chi connectivity index (χ4v) is 3.09. The van der Waals surface area contributed by atoms with Gasteiger partial charge in [-0.1, -0.05) is 12.1 Å². The summed E-state index contributed by atoms with van der Waals surface area (Å²) in [4.78, 5) is 26.0. The van der Waals surface area contributed by atoms with Crippen molar-refractivity contribution < 1.29 is 14.0 Å². The molecule has 0 aromatic heterocycles. The highest BCUT2D eigenvalue weighted by molar-refractivity contribution is 8.00. The average Bonchev–Trinajstić information content (AvgIpc) is 2.59. The zero-order valence-corrected chi connectivity index (χ0v) is 15.3. The van der Waals surface area contributed by atoms with Crippen LogP contribution in [0.1, 0.15) is 25.5 Å². The third-order valence-electron chi connectivity index (χ3n) is 3.86. The van der Waals surface area contributed by atoms with Crippen LogP contribution in [0.2, 0.25) is 0 Å². The number of hydrogen-bond acceptors (Lipinski definition) is 3. The molecule has 0 saturated heterocycles. The van der Waals surface area contributed by atoms with Crippen LogP contribution in [0.5, 0.6) is 0 Å². The van der Waals surface area contributed by atoms with Crippen molar-refractivity contribution in [1.29, 1.82) is 0 Å². The van der Waals surface area contributed by atoms with Crippen molar-refractivity contribution in [3.8, 4) is 0 Å². The molecule has 2 amide bonds. The highest BCUT2D eigenvalue weighted by Crippen LogP contribution is 2.23. The van der Waals surface area contributed by atoms with Crippen molar-refractivity contribution in [1.82, 2.24) is 4.90 Å². The standard InChI is InChI=1S/C19H21FN2O2S/c1-13(15-4-6-16(20)7-5-15)22(3)19(24)12-25-18-10-8-17(9-11-18)21-14(2)23/h4-11,13H,12H2,1-3H3,(H,21,23). The summed E-state index contributed by atoms with van der Waals surface area (Å²) in [6, 6.07) is 13.4. The first-order valence-electron chi connectivity index (χ1n) is 7.88. The molecule has 0 radical (unpaired) electrons. The van der Waals surface area contributed by atoms with Gasteiger partial charge in [-0.15, -0.1) is 11.8 Å². The minimum absolute atomic E-state index is 0.00670. The first-order valence-corrected chi connectivity index (χ1v) is 8.87. The lowest BCUT2D eigenvalue weighted by atomic mass is 10.1. The number of rotatable bonds is 6. The summed E-state index contributed by atoms with van der Waals surface area (Å²) >= 11 is 1.44. The van der Waals surface area contributed by atoms with E-state index in [0.29, 0.717) is 5.75 Å². The number of nitrogens with one attached hydrogen (secondary N) is 1. The topological polar surface area (TPSA) is 49.4 Å². The smallest absolute Gasteiger partial charge is 0.233 e. The Hall–Kier alpha value is -2.34. The normalized spacial score (nSPS) is 11.7. The van der Waals surface area contributed by atoms with Gasteiger partial charge in [-0.25, -0.2) is 4.39 Å². The van der Waals surface area contributed by atoms with Gasteiger partial charge in [0.2, 0.25) is 11.8 Å². The van der Waals surface area contributed by atoms with E-state index in [1.165, 1.54) is 30.8 Å². The Morgan fingerprint density at radius 3 is 2.28 bits per heavy atom. The van der Waals surface area contributed by atoms with E-state index in [1.807, 2.05) is 19.1 Å². The first kappa shape index (κ1) is 19.0. The van der Waals surface area contributed by atoms with Crippen molar-refractivity contribution >= 4 is 29.3 Å². The van der Waals surface area contributed by atoms with Crippen LogP contribution in [0.15, 0.2) is 53.4 Å². The van der Waals surface area contributed by atoms with Gasteiger partial charge in [-0.3, -0.25) is 9.59 Å². The number of benzene rings is 2. The van der Waals surface area contributed by atoms with Crippen molar-refractivity contribution in [2.45, 2.75) is 24.8 Å². The molecule has 0 aliphatic heterocycles. The molecule has 2 rings (SSSR count). The monoisotopic (exact) mass is 360 g/mol. The maximum atomic E-state index is 13.0. The third-order valence-corrected chi connectivity index (χ3v) is 4.86. The van der Waals surface area contributed by atoms with Crippen molar-refractivity contribution in [2.75, 3.05) is 18.1 Å².